The molecule has 0 rings (SSSR count). The van der Waals surface area contributed by atoms with Crippen LogP contribution in [0, 0.1) is 0 Å². The number of quaternary nitrogens is 5. The van der Waals surface area contributed by atoms with Crippen LogP contribution in [-0.4, -0.2) is 0 Å². The first kappa shape index (κ1) is 36.8. The van der Waals surface area contributed by atoms with E-state index in [1.807, 2.05) is 0 Å². The second-order valence-corrected chi connectivity index (χ2v) is 52.6. The Morgan fingerprint density at radius 2 is 0.417 bits per heavy atom. The van der Waals surface area contributed by atoms with E-state index in [1.54, 1.807) is 0 Å². The van der Waals surface area contributed by atoms with Gasteiger partial charge in [-0.25, -0.2) is 0 Å². The molecule has 12 heteroatoms. The van der Waals surface area contributed by atoms with Gasteiger partial charge in [0.05, 0.1) is 0 Å². The largest absolute Gasteiger partial charge is 0.369 e. The second kappa shape index (κ2) is 6.63. The molecule has 0 heterocycles. The summed E-state index contributed by atoms with van der Waals surface area (Å²) in [6.45, 7) is -5.33. The Kier molecular flexibility index (Phi) is 20.3. The molecule has 0 saturated carbocycles. The Labute approximate surface area is 94.2 Å². The van der Waals surface area contributed by atoms with E-state index in [4.69, 9.17) is 57.5 Å². The van der Waals surface area contributed by atoms with Crippen LogP contribution < -0.4 is 30.8 Å². The molecule has 20 N–H and O–H groups in total. The predicted molar refractivity (Wildman–Crippen MR) is 65.0 cm³/mol. The van der Waals surface area contributed by atoms with Crippen molar-refractivity contribution in [1.82, 2.24) is 30.8 Å². The molecule has 5 nitrogen and oxygen atoms in total. The average molecular weight is 495 g/mol. The van der Waals surface area contributed by atoms with Gasteiger partial charge in [0.15, 0.2) is 0 Å². The minimum atomic E-state index is -5.33. The van der Waals surface area contributed by atoms with Gasteiger partial charge in [-0.15, -0.1) is 0 Å². The zero-order valence-electron chi connectivity index (χ0n) is 7.60. The Morgan fingerprint density at radius 1 is 0.417 bits per heavy atom. The van der Waals surface area contributed by atoms with E-state index in [0.717, 1.165) is 0 Å². The molecule has 0 aliphatic carbocycles. The van der Waals surface area contributed by atoms with Crippen molar-refractivity contribution in [3.05, 3.63) is 0 Å². The molecule has 0 aromatic heterocycles. The molecule has 0 fully saturated rings. The molecule has 0 unspecified atom stereocenters. The molecule has 0 aliphatic rings. The summed E-state index contributed by atoms with van der Waals surface area (Å²) in [4.78, 5) is 0. The van der Waals surface area contributed by atoms with Gasteiger partial charge in [0.25, 0.3) is 0 Å². The van der Waals surface area contributed by atoms with Crippen LogP contribution >= 0.6 is 57.5 Å². The van der Waals surface area contributed by atoms with Gasteiger partial charge in [-0.05, 0) is 0 Å². The third-order valence-corrected chi connectivity index (χ3v) is 0. The number of hydrogen-bond acceptors (Lipinski definition) is 0. The molecular formula is H20Cl6IrN5. The Hall–Kier alpha value is 2.19. The molecule has 0 spiro atoms. The van der Waals surface area contributed by atoms with E-state index in [2.05, 4.69) is 0 Å². The molecule has 96 valence electrons. The van der Waals surface area contributed by atoms with Gasteiger partial charge in [0.2, 0.25) is 0 Å². The van der Waals surface area contributed by atoms with Gasteiger partial charge in [0, 0.05) is 0 Å². The molecule has 12 heavy (non-hydrogen) atoms. The predicted octanol–water partition coefficient (Wildman–Crippen LogP) is 6.02. The van der Waals surface area contributed by atoms with Crippen molar-refractivity contribution in [3.8, 4) is 0 Å². The first-order valence-electron chi connectivity index (χ1n) is 0.756. The zero-order valence-corrected chi connectivity index (χ0v) is 14.5. The maximum atomic E-state index is 5.06. The third kappa shape index (κ3) is 318. The summed E-state index contributed by atoms with van der Waals surface area (Å²) in [7, 11) is 30.3. The fourth-order valence-corrected chi connectivity index (χ4v) is 0. The van der Waals surface area contributed by atoms with Crippen LogP contribution in [0.2, 0.25) is 0 Å². The fourth-order valence-electron chi connectivity index (χ4n) is 0. The normalized spacial score (nSPS) is 13.5. The van der Waals surface area contributed by atoms with Crippen LogP contribution in [0.4, 0.5) is 0 Å². The van der Waals surface area contributed by atoms with Crippen LogP contribution in [0.1, 0.15) is 0 Å². The number of hydrogen-bond donors (Lipinski definition) is 5. The van der Waals surface area contributed by atoms with Crippen molar-refractivity contribution in [3.63, 3.8) is 0 Å². The van der Waals surface area contributed by atoms with Crippen LogP contribution in [0.25, 0.3) is 0 Å². The van der Waals surface area contributed by atoms with E-state index in [9.17, 15) is 0 Å². The van der Waals surface area contributed by atoms with Gasteiger partial charge >= 0.3 is 64.3 Å². The van der Waals surface area contributed by atoms with Gasteiger partial charge in [-0.3, -0.25) is 0 Å². The summed E-state index contributed by atoms with van der Waals surface area (Å²) in [6, 6.07) is 0. The summed E-state index contributed by atoms with van der Waals surface area (Å²) in [5.74, 6) is 0. The molecule has 0 saturated heterocycles. The monoisotopic (exact) mass is 493 g/mol. The maximum absolute atomic E-state index is 5.33. The Morgan fingerprint density at radius 3 is 0.417 bits per heavy atom. The first-order valence-corrected chi connectivity index (χ1v) is 18.6. The molecule has 0 aromatic carbocycles. The third-order valence-electron chi connectivity index (χ3n) is 0. The Balaban J connectivity index is -0.0000000180. The standard InChI is InChI=1S/6ClH.Ir.5H3N/h6*1H;;5*1H3/q;;;;;;+1;;;;;/p-1. The summed E-state index contributed by atoms with van der Waals surface area (Å²) < 4.78 is 0. The average Bonchev–Trinajstić information content (AvgIpc) is 0.592. The second-order valence-electron chi connectivity index (χ2n) is 0.714. The molecule has 0 radical (unpaired) electrons. The van der Waals surface area contributed by atoms with E-state index in [0.29, 0.717) is 0 Å². The SMILES string of the molecule is [Cl][Ir-5]([Cl])([Cl])([Cl])([Cl])[Cl].[NH4+].[NH4+].[NH4+].[NH4+].[NH4+]. The molecule has 0 amide bonds. The van der Waals surface area contributed by atoms with E-state index < -0.39 is 6.81 Å². The number of halogens is 6. The van der Waals surface area contributed by atoms with Crippen LogP contribution in [0.5, 0.6) is 0 Å². The van der Waals surface area contributed by atoms with Crippen molar-refractivity contribution in [2.24, 2.45) is 0 Å². The van der Waals surface area contributed by atoms with E-state index in [-0.39, 0.29) is 30.8 Å². The molecular weight excluding hydrogens is 475 g/mol. The first-order chi connectivity index (χ1) is 2.45. The van der Waals surface area contributed by atoms with Crippen LogP contribution in [0.3, 0.4) is 0 Å². The minimum Gasteiger partial charge on any atom is -0.369 e. The topological polar surface area (TPSA) is 182 Å². The quantitative estimate of drug-likeness (QED) is 0.264. The van der Waals surface area contributed by atoms with Crippen molar-refractivity contribution in [1.29, 1.82) is 0 Å². The number of rotatable bonds is 0. The maximum Gasteiger partial charge on any atom is -0.369 e. The molecule has 0 atom stereocenters. The summed E-state index contributed by atoms with van der Waals surface area (Å²) in [5, 5.41) is 0. The van der Waals surface area contributed by atoms with Gasteiger partial charge in [-0.2, -0.15) is 0 Å². The van der Waals surface area contributed by atoms with Crippen molar-refractivity contribution >= 4 is 57.5 Å². The molecule has 0 aliphatic heterocycles. The fraction of sp³-hybridized carbons (Fsp3) is 0. The van der Waals surface area contributed by atoms with Gasteiger partial charge in [0.1, 0.15) is 0 Å². The van der Waals surface area contributed by atoms with Gasteiger partial charge in [-0.1, -0.05) is 0 Å². The van der Waals surface area contributed by atoms with Crippen molar-refractivity contribution in [2.75, 3.05) is 0 Å². The minimum absolute atomic E-state index is 0. The van der Waals surface area contributed by atoms with Crippen molar-refractivity contribution < 1.29 is 6.81 Å². The van der Waals surface area contributed by atoms with Crippen LogP contribution in [0.15, 0.2) is 0 Å². The summed E-state index contributed by atoms with van der Waals surface area (Å²) in [6.07, 6.45) is 0. The van der Waals surface area contributed by atoms with E-state index in [1.165, 1.54) is 0 Å². The zero-order chi connectivity index (χ0) is 6.41. The van der Waals surface area contributed by atoms with Crippen LogP contribution in [-0.2, 0) is 6.81 Å². The smallest absolute Gasteiger partial charge is 0.369 e. The molecule has 0 aromatic rings. The molecule has 0 bridgehead atoms. The summed E-state index contributed by atoms with van der Waals surface area (Å²) >= 11 is 0. The van der Waals surface area contributed by atoms with E-state index >= 15 is 0 Å². The Bertz CT molecular complexity index is 74.5. The van der Waals surface area contributed by atoms with Crippen molar-refractivity contribution in [2.45, 2.75) is 0 Å². The summed E-state index contributed by atoms with van der Waals surface area (Å²) in [5.41, 5.74) is 0. The van der Waals surface area contributed by atoms with Gasteiger partial charge < -0.3 is 30.8 Å².